The SMILES string of the molecule is CCn1nccc1C(=O)N(CCN(C)C)c1nc2c(C)ccc(Cl)c2s1. The predicted octanol–water partition coefficient (Wildman–Crippen LogP) is 3.68. The van der Waals surface area contributed by atoms with Crippen molar-refractivity contribution in [2.24, 2.45) is 0 Å². The van der Waals surface area contributed by atoms with E-state index in [-0.39, 0.29) is 5.91 Å². The van der Waals surface area contributed by atoms with E-state index >= 15 is 0 Å². The number of carbonyl (C=O) groups excluding carboxylic acids is 1. The van der Waals surface area contributed by atoms with Gasteiger partial charge in [0.15, 0.2) is 5.13 Å². The smallest absolute Gasteiger partial charge is 0.278 e. The van der Waals surface area contributed by atoms with Gasteiger partial charge in [-0.25, -0.2) is 4.98 Å². The Morgan fingerprint density at radius 2 is 2.04 bits per heavy atom. The van der Waals surface area contributed by atoms with Gasteiger partial charge in [-0.1, -0.05) is 29.0 Å². The van der Waals surface area contributed by atoms with Crippen LogP contribution in [0, 0.1) is 6.92 Å². The number of benzene rings is 1. The molecule has 0 atom stereocenters. The molecule has 0 saturated carbocycles. The third-order valence-electron chi connectivity index (χ3n) is 4.17. The van der Waals surface area contributed by atoms with Crippen LogP contribution in [0.5, 0.6) is 0 Å². The summed E-state index contributed by atoms with van der Waals surface area (Å²) in [6, 6.07) is 5.58. The number of halogens is 1. The van der Waals surface area contributed by atoms with E-state index in [9.17, 15) is 4.79 Å². The number of rotatable bonds is 6. The monoisotopic (exact) mass is 391 g/mol. The lowest BCUT2D eigenvalue weighted by Gasteiger charge is -2.22. The Labute approximate surface area is 162 Å². The van der Waals surface area contributed by atoms with Crippen molar-refractivity contribution >= 4 is 44.2 Å². The largest absolute Gasteiger partial charge is 0.308 e. The highest BCUT2D eigenvalue weighted by atomic mass is 35.5. The van der Waals surface area contributed by atoms with E-state index < -0.39 is 0 Å². The highest BCUT2D eigenvalue weighted by Crippen LogP contribution is 2.36. The Hall–Kier alpha value is -1.96. The third-order valence-corrected chi connectivity index (χ3v) is 5.71. The minimum atomic E-state index is -0.0981. The maximum Gasteiger partial charge on any atom is 0.278 e. The first kappa shape index (κ1) is 18.8. The Bertz CT molecular complexity index is 894. The minimum absolute atomic E-state index is 0.0981. The van der Waals surface area contributed by atoms with E-state index in [0.29, 0.717) is 28.9 Å². The minimum Gasteiger partial charge on any atom is -0.308 e. The molecule has 3 aromatic rings. The van der Waals surface area contributed by atoms with Gasteiger partial charge >= 0.3 is 0 Å². The summed E-state index contributed by atoms with van der Waals surface area (Å²) in [5.74, 6) is -0.0981. The van der Waals surface area contributed by atoms with E-state index in [2.05, 4.69) is 5.10 Å². The Morgan fingerprint density at radius 1 is 1.27 bits per heavy atom. The van der Waals surface area contributed by atoms with Gasteiger partial charge in [0.2, 0.25) is 0 Å². The van der Waals surface area contributed by atoms with Crippen LogP contribution >= 0.6 is 22.9 Å². The predicted molar refractivity (Wildman–Crippen MR) is 107 cm³/mol. The molecule has 0 aliphatic heterocycles. The molecule has 26 heavy (non-hydrogen) atoms. The first-order valence-corrected chi connectivity index (χ1v) is 9.65. The van der Waals surface area contributed by atoms with Crippen LogP contribution in [0.4, 0.5) is 5.13 Å². The number of thiazole rings is 1. The van der Waals surface area contributed by atoms with Gasteiger partial charge in [0.05, 0.1) is 15.2 Å². The molecule has 0 aliphatic carbocycles. The molecule has 2 heterocycles. The summed E-state index contributed by atoms with van der Waals surface area (Å²) < 4.78 is 2.62. The van der Waals surface area contributed by atoms with E-state index in [1.54, 1.807) is 21.8 Å². The van der Waals surface area contributed by atoms with Gasteiger partial charge in [-0.2, -0.15) is 5.10 Å². The van der Waals surface area contributed by atoms with Crippen molar-refractivity contribution in [3.05, 3.63) is 40.7 Å². The highest BCUT2D eigenvalue weighted by molar-refractivity contribution is 7.23. The summed E-state index contributed by atoms with van der Waals surface area (Å²) in [7, 11) is 3.97. The molecule has 0 aliphatic rings. The molecule has 6 nitrogen and oxygen atoms in total. The molecule has 0 radical (unpaired) electrons. The molecule has 0 spiro atoms. The van der Waals surface area contributed by atoms with Gasteiger partial charge in [-0.15, -0.1) is 0 Å². The van der Waals surface area contributed by atoms with E-state index in [0.717, 1.165) is 22.3 Å². The maximum atomic E-state index is 13.2. The maximum absolute atomic E-state index is 13.2. The molecule has 0 bridgehead atoms. The lowest BCUT2D eigenvalue weighted by molar-refractivity contribution is 0.0975. The molecule has 1 aromatic carbocycles. The van der Waals surface area contributed by atoms with Gasteiger partial charge in [0.25, 0.3) is 5.91 Å². The van der Waals surface area contributed by atoms with Crippen LogP contribution < -0.4 is 4.90 Å². The molecular formula is C18H22ClN5OS. The first-order valence-electron chi connectivity index (χ1n) is 8.46. The molecule has 3 rings (SSSR count). The topological polar surface area (TPSA) is 54.3 Å². The average Bonchev–Trinajstić information content (AvgIpc) is 3.25. The summed E-state index contributed by atoms with van der Waals surface area (Å²) >= 11 is 7.80. The van der Waals surface area contributed by atoms with E-state index in [1.165, 1.54) is 11.3 Å². The van der Waals surface area contributed by atoms with Crippen LogP contribution in [0.15, 0.2) is 24.4 Å². The number of fused-ring (bicyclic) bond motifs is 1. The van der Waals surface area contributed by atoms with Crippen LogP contribution in [0.25, 0.3) is 10.2 Å². The van der Waals surface area contributed by atoms with Crippen molar-refractivity contribution in [3.8, 4) is 0 Å². The average molecular weight is 392 g/mol. The summed E-state index contributed by atoms with van der Waals surface area (Å²) in [6.45, 7) is 5.88. The second kappa shape index (κ2) is 7.73. The Morgan fingerprint density at radius 3 is 2.69 bits per heavy atom. The van der Waals surface area contributed by atoms with Crippen LogP contribution in [-0.2, 0) is 6.54 Å². The number of likely N-dealkylation sites (N-methyl/N-ethyl adjacent to an activating group) is 1. The molecule has 0 N–H and O–H groups in total. The van der Waals surface area contributed by atoms with Crippen LogP contribution in [0.3, 0.4) is 0 Å². The number of amides is 1. The third kappa shape index (κ3) is 3.60. The van der Waals surface area contributed by atoms with Crippen molar-refractivity contribution in [2.45, 2.75) is 20.4 Å². The van der Waals surface area contributed by atoms with Crippen LogP contribution in [-0.4, -0.2) is 52.8 Å². The summed E-state index contributed by atoms with van der Waals surface area (Å²) in [6.07, 6.45) is 1.65. The number of anilines is 1. The lowest BCUT2D eigenvalue weighted by Crippen LogP contribution is -2.37. The highest BCUT2D eigenvalue weighted by Gasteiger charge is 2.24. The molecule has 0 unspecified atom stereocenters. The van der Waals surface area contributed by atoms with Crippen molar-refractivity contribution < 1.29 is 4.79 Å². The normalized spacial score (nSPS) is 11.5. The molecule has 8 heteroatoms. The van der Waals surface area contributed by atoms with Gasteiger partial charge in [0.1, 0.15) is 5.69 Å². The molecule has 138 valence electrons. The fourth-order valence-corrected chi connectivity index (χ4v) is 4.04. The standard InChI is InChI=1S/C18H22ClN5OS/c1-5-24-14(8-9-20-24)17(25)23(11-10-22(3)4)18-21-15-12(2)6-7-13(19)16(15)26-18/h6-9H,5,10-11H2,1-4H3. The van der Waals surface area contributed by atoms with Gasteiger partial charge in [-0.3, -0.25) is 14.4 Å². The first-order chi connectivity index (χ1) is 12.4. The Balaban J connectivity index is 2.05. The zero-order chi connectivity index (χ0) is 18.8. The number of aromatic nitrogens is 3. The molecule has 1 amide bonds. The van der Waals surface area contributed by atoms with Crippen LogP contribution in [0.1, 0.15) is 23.0 Å². The zero-order valence-corrected chi connectivity index (χ0v) is 16.9. The number of aryl methyl sites for hydroxylation is 2. The number of hydrogen-bond acceptors (Lipinski definition) is 5. The molecule has 0 saturated heterocycles. The van der Waals surface area contributed by atoms with Gasteiger partial charge in [-0.05, 0) is 45.6 Å². The number of hydrogen-bond donors (Lipinski definition) is 0. The van der Waals surface area contributed by atoms with E-state index in [1.807, 2.05) is 45.0 Å². The fraction of sp³-hybridized carbons (Fsp3) is 0.389. The van der Waals surface area contributed by atoms with Crippen molar-refractivity contribution in [3.63, 3.8) is 0 Å². The molecular weight excluding hydrogens is 370 g/mol. The quantitative estimate of drug-likeness (QED) is 0.643. The van der Waals surface area contributed by atoms with Crippen LogP contribution in [0.2, 0.25) is 5.02 Å². The molecule has 2 aromatic heterocycles. The number of nitrogens with zero attached hydrogens (tertiary/aromatic N) is 5. The molecule has 0 fully saturated rings. The van der Waals surface area contributed by atoms with Gasteiger partial charge in [0, 0.05) is 25.8 Å². The second-order valence-electron chi connectivity index (χ2n) is 6.33. The second-order valence-corrected chi connectivity index (χ2v) is 7.72. The summed E-state index contributed by atoms with van der Waals surface area (Å²) in [4.78, 5) is 21.7. The zero-order valence-electron chi connectivity index (χ0n) is 15.4. The van der Waals surface area contributed by atoms with Crippen molar-refractivity contribution in [1.29, 1.82) is 0 Å². The van der Waals surface area contributed by atoms with Gasteiger partial charge < -0.3 is 4.90 Å². The fourth-order valence-electron chi connectivity index (χ4n) is 2.69. The lowest BCUT2D eigenvalue weighted by atomic mass is 10.2. The summed E-state index contributed by atoms with van der Waals surface area (Å²) in [5.41, 5.74) is 2.46. The van der Waals surface area contributed by atoms with Crippen molar-refractivity contribution in [2.75, 3.05) is 32.1 Å². The van der Waals surface area contributed by atoms with E-state index in [4.69, 9.17) is 16.6 Å². The Kier molecular flexibility index (Phi) is 5.60. The summed E-state index contributed by atoms with van der Waals surface area (Å²) in [5, 5.41) is 5.54. The number of carbonyl (C=O) groups is 1. The van der Waals surface area contributed by atoms with Crippen molar-refractivity contribution in [1.82, 2.24) is 19.7 Å².